The van der Waals surface area contributed by atoms with Gasteiger partial charge in [0.1, 0.15) is 0 Å². The van der Waals surface area contributed by atoms with Gasteiger partial charge in [-0.05, 0) is 48.7 Å². The molecule has 0 saturated heterocycles. The van der Waals surface area contributed by atoms with Crippen molar-refractivity contribution in [1.82, 2.24) is 4.90 Å². The largest absolute Gasteiger partial charge is 0.493 e. The van der Waals surface area contributed by atoms with Crippen LogP contribution in [0, 0.1) is 6.92 Å². The molecule has 0 atom stereocenters. The summed E-state index contributed by atoms with van der Waals surface area (Å²) in [6, 6.07) is 8.13. The molecule has 23 heavy (non-hydrogen) atoms. The summed E-state index contributed by atoms with van der Waals surface area (Å²) in [6.45, 7) is 3.46. The second-order valence-corrected chi connectivity index (χ2v) is 7.10. The molecule has 1 aromatic heterocycles. The Morgan fingerprint density at radius 3 is 2.48 bits per heavy atom. The first-order chi connectivity index (χ1) is 11.1. The van der Waals surface area contributed by atoms with Gasteiger partial charge in [0.15, 0.2) is 11.5 Å². The third-order valence-electron chi connectivity index (χ3n) is 4.19. The molecule has 0 N–H and O–H groups in total. The van der Waals surface area contributed by atoms with Crippen LogP contribution in [0.2, 0.25) is 0 Å². The fourth-order valence-corrected chi connectivity index (χ4v) is 3.82. The number of thiophene rings is 1. The van der Waals surface area contributed by atoms with E-state index in [-0.39, 0.29) is 5.91 Å². The zero-order valence-electron chi connectivity index (χ0n) is 13.7. The minimum absolute atomic E-state index is 0.187. The van der Waals surface area contributed by atoms with Crippen molar-refractivity contribution in [3.63, 3.8) is 0 Å². The normalized spacial score (nSPS) is 13.6. The van der Waals surface area contributed by atoms with Crippen LogP contribution in [-0.4, -0.2) is 31.6 Å². The maximum atomic E-state index is 12.5. The third-order valence-corrected chi connectivity index (χ3v) is 5.19. The maximum absolute atomic E-state index is 12.5. The van der Waals surface area contributed by atoms with Crippen LogP contribution in [-0.2, 0) is 24.2 Å². The van der Waals surface area contributed by atoms with E-state index < -0.39 is 0 Å². The standard InChI is InChI=1S/C18H21NO3S/c1-12-4-5-15(23-12)10-18(20)19-7-6-13-8-16(21-2)17(22-3)9-14(13)11-19/h4-5,8-9H,6-7,10-11H2,1-3H3. The second-order valence-electron chi connectivity index (χ2n) is 5.73. The second kappa shape index (κ2) is 6.62. The monoisotopic (exact) mass is 331 g/mol. The Balaban J connectivity index is 1.75. The number of carbonyl (C=O) groups is 1. The molecule has 1 aliphatic heterocycles. The summed E-state index contributed by atoms with van der Waals surface area (Å²) in [5, 5.41) is 0. The number of benzene rings is 1. The molecule has 0 unspecified atom stereocenters. The van der Waals surface area contributed by atoms with Crippen LogP contribution in [0.3, 0.4) is 0 Å². The molecule has 1 amide bonds. The van der Waals surface area contributed by atoms with Gasteiger partial charge in [0.05, 0.1) is 20.6 Å². The number of nitrogens with zero attached hydrogens (tertiary/aromatic N) is 1. The van der Waals surface area contributed by atoms with Gasteiger partial charge in [0.2, 0.25) is 5.91 Å². The minimum Gasteiger partial charge on any atom is -0.493 e. The van der Waals surface area contributed by atoms with Crippen molar-refractivity contribution < 1.29 is 14.3 Å². The first-order valence-corrected chi connectivity index (χ1v) is 8.49. The fourth-order valence-electron chi connectivity index (χ4n) is 2.94. The molecule has 5 heteroatoms. The molecule has 1 aliphatic rings. The van der Waals surface area contributed by atoms with E-state index in [4.69, 9.17) is 9.47 Å². The Bertz CT molecular complexity index is 723. The van der Waals surface area contributed by atoms with Crippen LogP contribution in [0.1, 0.15) is 20.9 Å². The van der Waals surface area contributed by atoms with Crippen LogP contribution in [0.5, 0.6) is 11.5 Å². The van der Waals surface area contributed by atoms with E-state index in [2.05, 4.69) is 13.0 Å². The van der Waals surface area contributed by atoms with E-state index in [1.807, 2.05) is 23.1 Å². The van der Waals surface area contributed by atoms with E-state index in [0.717, 1.165) is 34.9 Å². The molecule has 0 spiro atoms. The maximum Gasteiger partial charge on any atom is 0.228 e. The molecule has 0 bridgehead atoms. The quantitative estimate of drug-likeness (QED) is 0.863. The molecule has 0 saturated carbocycles. The molecule has 122 valence electrons. The van der Waals surface area contributed by atoms with E-state index in [1.54, 1.807) is 25.6 Å². The van der Waals surface area contributed by atoms with Gasteiger partial charge in [-0.15, -0.1) is 11.3 Å². The van der Waals surface area contributed by atoms with Crippen molar-refractivity contribution in [2.75, 3.05) is 20.8 Å². The Kier molecular flexibility index (Phi) is 4.57. The number of aryl methyl sites for hydroxylation is 1. The van der Waals surface area contributed by atoms with Gasteiger partial charge < -0.3 is 14.4 Å². The Hall–Kier alpha value is -2.01. The van der Waals surface area contributed by atoms with E-state index >= 15 is 0 Å². The first kappa shape index (κ1) is 15.9. The first-order valence-electron chi connectivity index (χ1n) is 7.67. The van der Waals surface area contributed by atoms with Gasteiger partial charge in [-0.1, -0.05) is 0 Å². The van der Waals surface area contributed by atoms with E-state index in [9.17, 15) is 4.79 Å². The lowest BCUT2D eigenvalue weighted by molar-refractivity contribution is -0.131. The zero-order valence-corrected chi connectivity index (χ0v) is 14.5. The Morgan fingerprint density at radius 1 is 1.17 bits per heavy atom. The Morgan fingerprint density at radius 2 is 1.87 bits per heavy atom. The lowest BCUT2D eigenvalue weighted by Crippen LogP contribution is -2.36. The van der Waals surface area contributed by atoms with Gasteiger partial charge in [0.25, 0.3) is 0 Å². The van der Waals surface area contributed by atoms with Crippen molar-refractivity contribution in [2.45, 2.75) is 26.3 Å². The SMILES string of the molecule is COc1cc2c(cc1OC)CN(C(=O)Cc1ccc(C)s1)CC2. The molecular formula is C18H21NO3S. The lowest BCUT2D eigenvalue weighted by atomic mass is 9.98. The van der Waals surface area contributed by atoms with Gasteiger partial charge in [-0.3, -0.25) is 4.79 Å². The predicted molar refractivity (Wildman–Crippen MR) is 91.4 cm³/mol. The number of methoxy groups -OCH3 is 2. The van der Waals surface area contributed by atoms with Gasteiger partial charge in [-0.25, -0.2) is 0 Å². The highest BCUT2D eigenvalue weighted by Crippen LogP contribution is 2.33. The summed E-state index contributed by atoms with van der Waals surface area (Å²) >= 11 is 1.69. The number of amides is 1. The van der Waals surface area contributed by atoms with E-state index in [0.29, 0.717) is 13.0 Å². The molecule has 2 aromatic rings. The molecule has 0 aliphatic carbocycles. The van der Waals surface area contributed by atoms with Crippen molar-refractivity contribution in [3.8, 4) is 11.5 Å². The van der Waals surface area contributed by atoms with Gasteiger partial charge in [0, 0.05) is 22.8 Å². The van der Waals surface area contributed by atoms with Crippen molar-refractivity contribution in [3.05, 3.63) is 45.1 Å². The van der Waals surface area contributed by atoms with Gasteiger partial charge >= 0.3 is 0 Å². The summed E-state index contributed by atoms with van der Waals surface area (Å²) in [6.07, 6.45) is 1.34. The summed E-state index contributed by atoms with van der Waals surface area (Å²) in [7, 11) is 3.28. The fraction of sp³-hybridized carbons (Fsp3) is 0.389. The molecule has 4 nitrogen and oxygen atoms in total. The molecule has 1 aromatic carbocycles. The number of fused-ring (bicyclic) bond motifs is 1. The van der Waals surface area contributed by atoms with Crippen LogP contribution in [0.4, 0.5) is 0 Å². The van der Waals surface area contributed by atoms with Crippen LogP contribution in [0.25, 0.3) is 0 Å². The highest BCUT2D eigenvalue weighted by molar-refractivity contribution is 7.12. The summed E-state index contributed by atoms with van der Waals surface area (Å²) in [5.41, 5.74) is 2.38. The van der Waals surface area contributed by atoms with Crippen molar-refractivity contribution in [1.29, 1.82) is 0 Å². The highest BCUT2D eigenvalue weighted by atomic mass is 32.1. The minimum atomic E-state index is 0.187. The lowest BCUT2D eigenvalue weighted by Gasteiger charge is -2.29. The van der Waals surface area contributed by atoms with Crippen LogP contribution >= 0.6 is 11.3 Å². The Labute approximate surface area is 140 Å². The predicted octanol–water partition coefficient (Wildman–Crippen LogP) is 3.20. The average molecular weight is 331 g/mol. The molecule has 0 fully saturated rings. The average Bonchev–Trinajstić information content (AvgIpc) is 2.97. The third kappa shape index (κ3) is 3.34. The smallest absolute Gasteiger partial charge is 0.228 e. The van der Waals surface area contributed by atoms with Crippen LogP contribution in [0.15, 0.2) is 24.3 Å². The number of carbonyl (C=O) groups excluding carboxylic acids is 1. The summed E-state index contributed by atoms with van der Waals surface area (Å²) < 4.78 is 10.7. The molecular weight excluding hydrogens is 310 g/mol. The summed E-state index contributed by atoms with van der Waals surface area (Å²) in [4.78, 5) is 16.8. The molecule has 3 rings (SSSR count). The number of ether oxygens (including phenoxy) is 2. The number of hydrogen-bond acceptors (Lipinski definition) is 4. The highest BCUT2D eigenvalue weighted by Gasteiger charge is 2.23. The number of hydrogen-bond donors (Lipinski definition) is 0. The van der Waals surface area contributed by atoms with Crippen molar-refractivity contribution in [2.24, 2.45) is 0 Å². The molecule has 0 radical (unpaired) electrons. The molecule has 2 heterocycles. The number of rotatable bonds is 4. The zero-order chi connectivity index (χ0) is 16.4. The topological polar surface area (TPSA) is 38.8 Å². The van der Waals surface area contributed by atoms with E-state index in [1.165, 1.54) is 10.4 Å². The summed E-state index contributed by atoms with van der Waals surface area (Å²) in [5.74, 6) is 1.65. The van der Waals surface area contributed by atoms with Crippen LogP contribution < -0.4 is 9.47 Å². The van der Waals surface area contributed by atoms with Crippen molar-refractivity contribution >= 4 is 17.2 Å². The van der Waals surface area contributed by atoms with Gasteiger partial charge in [-0.2, -0.15) is 0 Å².